The van der Waals surface area contributed by atoms with E-state index in [1.165, 1.54) is 31.7 Å². The van der Waals surface area contributed by atoms with Crippen molar-refractivity contribution in [3.8, 4) is 0 Å². The molecule has 1 aliphatic heterocycles. The molecule has 0 aromatic heterocycles. The summed E-state index contributed by atoms with van der Waals surface area (Å²) >= 11 is 5.79. The molecule has 0 radical (unpaired) electrons. The Balaban J connectivity index is 1.84. The Hall–Kier alpha value is -0.600. The van der Waals surface area contributed by atoms with Crippen LogP contribution in [0.3, 0.4) is 0 Å². The van der Waals surface area contributed by atoms with E-state index in [-0.39, 0.29) is 11.4 Å². The summed E-state index contributed by atoms with van der Waals surface area (Å²) in [6.45, 7) is 1.08. The van der Waals surface area contributed by atoms with E-state index in [1.54, 1.807) is 6.07 Å². The smallest absolute Gasteiger partial charge is 0.127 e. The van der Waals surface area contributed by atoms with Gasteiger partial charge in [0.15, 0.2) is 0 Å². The molecule has 3 rings (SSSR count). The largest absolute Gasteiger partial charge is 0.311 e. The third-order valence-corrected chi connectivity index (χ3v) is 4.39. The van der Waals surface area contributed by atoms with Gasteiger partial charge in [0.25, 0.3) is 0 Å². The number of benzene rings is 1. The third-order valence-electron chi connectivity index (χ3n) is 4.16. The van der Waals surface area contributed by atoms with Crippen LogP contribution in [0.2, 0.25) is 5.02 Å². The fourth-order valence-corrected chi connectivity index (χ4v) is 3.27. The van der Waals surface area contributed by atoms with Gasteiger partial charge in [0, 0.05) is 10.6 Å². The van der Waals surface area contributed by atoms with Crippen molar-refractivity contribution < 1.29 is 4.39 Å². The molecule has 17 heavy (non-hydrogen) atoms. The van der Waals surface area contributed by atoms with Crippen molar-refractivity contribution in [2.24, 2.45) is 5.92 Å². The molecule has 3 heteroatoms. The Kier molecular flexibility index (Phi) is 2.87. The normalized spacial score (nSPS) is 28.6. The molecule has 1 saturated heterocycles. The van der Waals surface area contributed by atoms with Crippen molar-refractivity contribution >= 4 is 11.6 Å². The quantitative estimate of drug-likeness (QED) is 0.869. The first-order chi connectivity index (χ1) is 8.20. The summed E-state index contributed by atoms with van der Waals surface area (Å²) in [6, 6.07) is 5.05. The van der Waals surface area contributed by atoms with E-state index < -0.39 is 0 Å². The van der Waals surface area contributed by atoms with Crippen LogP contribution in [-0.4, -0.2) is 12.1 Å². The summed E-state index contributed by atoms with van der Waals surface area (Å²) in [5.74, 6) is 0.589. The van der Waals surface area contributed by atoms with Gasteiger partial charge in [0.2, 0.25) is 0 Å². The second-order valence-electron chi connectivity index (χ2n) is 5.37. The van der Waals surface area contributed by atoms with E-state index in [0.29, 0.717) is 5.02 Å². The Labute approximate surface area is 106 Å². The summed E-state index contributed by atoms with van der Waals surface area (Å²) in [5, 5.41) is 4.10. The Morgan fingerprint density at radius 3 is 2.82 bits per heavy atom. The predicted octanol–water partition coefficient (Wildman–Crippen LogP) is 3.55. The number of halogens is 2. The molecule has 1 unspecified atom stereocenters. The molecule has 1 heterocycles. The van der Waals surface area contributed by atoms with Crippen LogP contribution in [-0.2, 0) is 6.42 Å². The molecule has 1 aromatic carbocycles. The maximum Gasteiger partial charge on any atom is 0.127 e. The van der Waals surface area contributed by atoms with Gasteiger partial charge in [-0.1, -0.05) is 17.7 Å². The molecular weight excluding hydrogens is 237 g/mol. The van der Waals surface area contributed by atoms with Crippen molar-refractivity contribution in [2.75, 3.05) is 6.54 Å². The first-order valence-electron chi connectivity index (χ1n) is 6.39. The van der Waals surface area contributed by atoms with E-state index in [4.69, 9.17) is 11.6 Å². The molecule has 1 nitrogen and oxygen atoms in total. The Morgan fingerprint density at radius 2 is 2.24 bits per heavy atom. The average Bonchev–Trinajstić information content (AvgIpc) is 3.05. The zero-order chi connectivity index (χ0) is 11.9. The summed E-state index contributed by atoms with van der Waals surface area (Å²) in [5.41, 5.74) is 0.963. The highest BCUT2D eigenvalue weighted by molar-refractivity contribution is 6.30. The monoisotopic (exact) mass is 253 g/mol. The summed E-state index contributed by atoms with van der Waals surface area (Å²) in [4.78, 5) is 0. The van der Waals surface area contributed by atoms with Gasteiger partial charge in [-0.25, -0.2) is 4.39 Å². The molecule has 2 aliphatic rings. The molecule has 1 N–H and O–H groups in total. The lowest BCUT2D eigenvalue weighted by Gasteiger charge is -2.30. The molecule has 1 saturated carbocycles. The van der Waals surface area contributed by atoms with Gasteiger partial charge in [0.05, 0.1) is 0 Å². The van der Waals surface area contributed by atoms with E-state index in [0.717, 1.165) is 24.4 Å². The summed E-state index contributed by atoms with van der Waals surface area (Å²) in [7, 11) is 0. The van der Waals surface area contributed by atoms with Gasteiger partial charge in [-0.2, -0.15) is 0 Å². The number of hydrogen-bond acceptors (Lipinski definition) is 1. The van der Waals surface area contributed by atoms with Gasteiger partial charge in [-0.3, -0.25) is 0 Å². The molecule has 1 aliphatic carbocycles. The average molecular weight is 254 g/mol. The minimum absolute atomic E-state index is 0.161. The zero-order valence-electron chi connectivity index (χ0n) is 9.81. The van der Waals surface area contributed by atoms with Gasteiger partial charge in [-0.15, -0.1) is 0 Å². The molecule has 92 valence electrons. The highest BCUT2D eigenvalue weighted by atomic mass is 35.5. The second-order valence-corrected chi connectivity index (χ2v) is 5.81. The third kappa shape index (κ3) is 2.21. The van der Waals surface area contributed by atoms with E-state index in [1.807, 2.05) is 6.07 Å². The Bertz CT molecular complexity index is 422. The van der Waals surface area contributed by atoms with Crippen LogP contribution in [0.5, 0.6) is 0 Å². The highest BCUT2D eigenvalue weighted by Crippen LogP contribution is 2.46. The lowest BCUT2D eigenvalue weighted by molar-refractivity contribution is 0.319. The van der Waals surface area contributed by atoms with Crippen LogP contribution in [0, 0.1) is 11.7 Å². The SMILES string of the molecule is Fc1cc(Cl)ccc1CC1(C2CC2)CCCN1. The van der Waals surface area contributed by atoms with Crippen LogP contribution < -0.4 is 5.32 Å². The van der Waals surface area contributed by atoms with Crippen molar-refractivity contribution in [3.63, 3.8) is 0 Å². The van der Waals surface area contributed by atoms with Crippen LogP contribution in [0.4, 0.5) is 4.39 Å². The van der Waals surface area contributed by atoms with Crippen molar-refractivity contribution in [2.45, 2.75) is 37.6 Å². The predicted molar refractivity (Wildman–Crippen MR) is 67.8 cm³/mol. The maximum atomic E-state index is 13.8. The molecular formula is C14H17ClFN. The molecule has 0 spiro atoms. The van der Waals surface area contributed by atoms with Gasteiger partial charge in [-0.05, 0) is 62.3 Å². The van der Waals surface area contributed by atoms with Crippen LogP contribution in [0.15, 0.2) is 18.2 Å². The van der Waals surface area contributed by atoms with Gasteiger partial charge < -0.3 is 5.32 Å². The first-order valence-corrected chi connectivity index (χ1v) is 6.76. The van der Waals surface area contributed by atoms with Crippen LogP contribution >= 0.6 is 11.6 Å². The van der Waals surface area contributed by atoms with Crippen molar-refractivity contribution in [3.05, 3.63) is 34.6 Å². The standard InChI is InChI=1S/C14H17ClFN/c15-12-5-2-10(13(16)8-12)9-14(11-3-4-11)6-1-7-17-14/h2,5,8,11,17H,1,3-4,6-7,9H2. The highest BCUT2D eigenvalue weighted by Gasteiger charge is 2.46. The summed E-state index contributed by atoms with van der Waals surface area (Å²) < 4.78 is 13.8. The summed E-state index contributed by atoms with van der Waals surface area (Å²) in [6.07, 6.45) is 5.79. The van der Waals surface area contributed by atoms with Crippen molar-refractivity contribution in [1.82, 2.24) is 5.32 Å². The topological polar surface area (TPSA) is 12.0 Å². The number of rotatable bonds is 3. The van der Waals surface area contributed by atoms with E-state index in [9.17, 15) is 4.39 Å². The van der Waals surface area contributed by atoms with Crippen LogP contribution in [0.1, 0.15) is 31.2 Å². The molecule has 2 fully saturated rings. The number of hydrogen-bond donors (Lipinski definition) is 1. The van der Waals surface area contributed by atoms with Gasteiger partial charge >= 0.3 is 0 Å². The van der Waals surface area contributed by atoms with E-state index in [2.05, 4.69) is 5.32 Å². The lowest BCUT2D eigenvalue weighted by Crippen LogP contribution is -2.44. The minimum Gasteiger partial charge on any atom is -0.311 e. The molecule has 0 bridgehead atoms. The van der Waals surface area contributed by atoms with Crippen molar-refractivity contribution in [1.29, 1.82) is 0 Å². The maximum absolute atomic E-state index is 13.8. The zero-order valence-corrected chi connectivity index (χ0v) is 10.6. The first kappa shape index (κ1) is 11.5. The molecule has 0 amide bonds. The fraction of sp³-hybridized carbons (Fsp3) is 0.571. The molecule has 1 aromatic rings. The van der Waals surface area contributed by atoms with Crippen LogP contribution in [0.25, 0.3) is 0 Å². The lowest BCUT2D eigenvalue weighted by atomic mass is 9.84. The van der Waals surface area contributed by atoms with E-state index >= 15 is 0 Å². The minimum atomic E-state index is -0.161. The fourth-order valence-electron chi connectivity index (χ4n) is 3.11. The Morgan fingerprint density at radius 1 is 1.41 bits per heavy atom. The number of nitrogens with one attached hydrogen (secondary N) is 1. The second kappa shape index (κ2) is 4.25. The molecule has 1 atom stereocenters. The van der Waals surface area contributed by atoms with Gasteiger partial charge in [0.1, 0.15) is 5.82 Å².